The van der Waals surface area contributed by atoms with Crippen molar-refractivity contribution >= 4 is 14.4 Å². The average molecular weight is 440 g/mol. The second-order valence-electron chi connectivity index (χ2n) is 10.6. The van der Waals surface area contributed by atoms with E-state index in [0.29, 0.717) is 17.9 Å². The summed E-state index contributed by atoms with van der Waals surface area (Å²) in [7, 11) is -2.29. The van der Waals surface area contributed by atoms with Crippen molar-refractivity contribution in [2.45, 2.75) is 84.3 Å². The Bertz CT molecular complexity index is 753. The summed E-state index contributed by atoms with van der Waals surface area (Å²) in [6.07, 6.45) is -2.36. The molecule has 0 fully saturated rings. The molecular formula is C22H37NO6Si. The fourth-order valence-electron chi connectivity index (χ4n) is 3.11. The summed E-state index contributed by atoms with van der Waals surface area (Å²) in [4.78, 5) is 11.6. The average Bonchev–Trinajstić information content (AvgIpc) is 3.04. The van der Waals surface area contributed by atoms with E-state index in [0.717, 1.165) is 5.56 Å². The third-order valence-corrected chi connectivity index (χ3v) is 10.5. The Labute approximate surface area is 180 Å². The first-order chi connectivity index (χ1) is 13.6. The zero-order valence-corrected chi connectivity index (χ0v) is 20.4. The molecule has 1 aromatic carbocycles. The van der Waals surface area contributed by atoms with Gasteiger partial charge in [0.1, 0.15) is 0 Å². The molecule has 7 nitrogen and oxygen atoms in total. The zero-order valence-electron chi connectivity index (χ0n) is 19.4. The molecule has 0 saturated heterocycles. The lowest BCUT2D eigenvalue weighted by molar-refractivity contribution is -0.0523. The minimum atomic E-state index is -2.29. The van der Waals surface area contributed by atoms with Gasteiger partial charge in [-0.05, 0) is 47.7 Å². The molecule has 1 unspecified atom stereocenters. The van der Waals surface area contributed by atoms with Crippen LogP contribution in [0.25, 0.3) is 0 Å². The van der Waals surface area contributed by atoms with Crippen LogP contribution in [0.3, 0.4) is 0 Å². The Morgan fingerprint density at radius 2 is 1.77 bits per heavy atom. The normalized spacial score (nSPS) is 17.4. The summed E-state index contributed by atoms with van der Waals surface area (Å²) >= 11 is 0. The van der Waals surface area contributed by atoms with E-state index in [2.05, 4.69) is 39.2 Å². The molecule has 1 heterocycles. The monoisotopic (exact) mass is 439 g/mol. The highest BCUT2D eigenvalue weighted by atomic mass is 28.4. The molecule has 30 heavy (non-hydrogen) atoms. The van der Waals surface area contributed by atoms with Crippen molar-refractivity contribution < 1.29 is 28.9 Å². The molecule has 0 aromatic heterocycles. The van der Waals surface area contributed by atoms with Gasteiger partial charge >= 0.3 is 6.09 Å². The second-order valence-corrected chi connectivity index (χ2v) is 15.4. The van der Waals surface area contributed by atoms with Gasteiger partial charge < -0.3 is 29.4 Å². The Kier molecular flexibility index (Phi) is 7.16. The van der Waals surface area contributed by atoms with E-state index in [1.54, 1.807) is 0 Å². The molecule has 2 rings (SSSR count). The number of aliphatic hydroxyl groups excluding tert-OH is 1. The predicted molar refractivity (Wildman–Crippen MR) is 119 cm³/mol. The molecule has 0 spiro atoms. The van der Waals surface area contributed by atoms with Crippen molar-refractivity contribution in [3.05, 3.63) is 23.8 Å². The zero-order chi connectivity index (χ0) is 22.9. The summed E-state index contributed by atoms with van der Waals surface area (Å²) in [6.45, 7) is 16.5. The van der Waals surface area contributed by atoms with Crippen LogP contribution in [0, 0.1) is 5.41 Å². The number of amides is 1. The van der Waals surface area contributed by atoms with E-state index in [9.17, 15) is 15.0 Å². The van der Waals surface area contributed by atoms with Crippen LogP contribution in [-0.4, -0.2) is 49.7 Å². The van der Waals surface area contributed by atoms with E-state index in [1.807, 2.05) is 39.0 Å². The van der Waals surface area contributed by atoms with Crippen LogP contribution < -0.4 is 14.8 Å². The molecule has 0 aliphatic carbocycles. The van der Waals surface area contributed by atoms with Crippen LogP contribution in [0.15, 0.2) is 18.2 Å². The Morgan fingerprint density at radius 1 is 1.17 bits per heavy atom. The summed E-state index contributed by atoms with van der Waals surface area (Å²) in [5, 5.41) is 23.3. The molecule has 8 heteroatoms. The highest BCUT2D eigenvalue weighted by Crippen LogP contribution is 2.40. The summed E-state index contributed by atoms with van der Waals surface area (Å²) in [6, 6.07) is 4.92. The van der Waals surface area contributed by atoms with Crippen molar-refractivity contribution in [1.29, 1.82) is 0 Å². The van der Waals surface area contributed by atoms with Gasteiger partial charge in [-0.25, -0.2) is 4.79 Å². The first-order valence-electron chi connectivity index (χ1n) is 10.4. The molecule has 3 atom stereocenters. The number of benzene rings is 1. The topological polar surface area (TPSA) is 97.3 Å². The van der Waals surface area contributed by atoms with Crippen molar-refractivity contribution in [3.8, 4) is 11.5 Å². The van der Waals surface area contributed by atoms with Crippen molar-refractivity contribution in [2.75, 3.05) is 6.79 Å². The number of ether oxygens (including phenoxy) is 2. The van der Waals surface area contributed by atoms with Crippen LogP contribution in [0.2, 0.25) is 18.1 Å². The van der Waals surface area contributed by atoms with E-state index in [4.69, 9.17) is 13.9 Å². The fourth-order valence-corrected chi connectivity index (χ4v) is 4.43. The van der Waals surface area contributed by atoms with E-state index >= 15 is 0 Å². The van der Waals surface area contributed by atoms with Crippen LogP contribution >= 0.6 is 0 Å². The minimum Gasteiger partial charge on any atom is -0.465 e. The predicted octanol–water partition coefficient (Wildman–Crippen LogP) is 4.39. The highest BCUT2D eigenvalue weighted by Gasteiger charge is 2.45. The number of carbonyl (C=O) groups is 1. The van der Waals surface area contributed by atoms with Crippen LogP contribution in [0.4, 0.5) is 4.79 Å². The molecule has 0 radical (unpaired) electrons. The molecule has 3 N–H and O–H groups in total. The summed E-state index contributed by atoms with van der Waals surface area (Å²) < 4.78 is 17.4. The number of hydrogen-bond donors (Lipinski definition) is 3. The largest absolute Gasteiger partial charge is 0.465 e. The first kappa shape index (κ1) is 24.5. The third kappa shape index (κ3) is 5.89. The van der Waals surface area contributed by atoms with E-state index in [-0.39, 0.29) is 11.8 Å². The third-order valence-electron chi connectivity index (χ3n) is 6.03. The van der Waals surface area contributed by atoms with Gasteiger partial charge in [-0.1, -0.05) is 47.6 Å². The molecule has 1 aromatic rings. The maximum absolute atomic E-state index is 11.6. The van der Waals surface area contributed by atoms with Gasteiger partial charge in [0.25, 0.3) is 0 Å². The smallest absolute Gasteiger partial charge is 0.404 e. The van der Waals surface area contributed by atoms with Gasteiger partial charge in [0.2, 0.25) is 6.79 Å². The van der Waals surface area contributed by atoms with Crippen molar-refractivity contribution in [2.24, 2.45) is 5.41 Å². The second kappa shape index (κ2) is 8.76. The SMILES string of the molecule is CC(C)(C)C(O)[C@@H](O[Si](C)(C)C(C)(C)C)[C@H](Cc1ccc2c(c1)OCO2)NC(=O)O. The summed E-state index contributed by atoms with van der Waals surface area (Å²) in [5.41, 5.74) is 0.392. The van der Waals surface area contributed by atoms with Gasteiger partial charge in [-0.15, -0.1) is 0 Å². The first-order valence-corrected chi connectivity index (χ1v) is 13.3. The maximum Gasteiger partial charge on any atom is 0.404 e. The molecule has 0 saturated carbocycles. The molecular weight excluding hydrogens is 402 g/mol. The van der Waals surface area contributed by atoms with E-state index in [1.165, 1.54) is 0 Å². The molecule has 0 bridgehead atoms. The maximum atomic E-state index is 11.6. The quantitative estimate of drug-likeness (QED) is 0.545. The number of hydrogen-bond acceptors (Lipinski definition) is 5. The number of rotatable bonds is 7. The Morgan fingerprint density at radius 3 is 2.30 bits per heavy atom. The van der Waals surface area contributed by atoms with Crippen LogP contribution in [-0.2, 0) is 10.8 Å². The standard InChI is InChI=1S/C22H37NO6Si/c1-21(2,3)19(24)18(29-30(7,8)22(4,5)6)15(23-20(25)26)11-14-9-10-16-17(12-14)28-13-27-16/h9-10,12,15,18-19,23-24H,11,13H2,1-8H3,(H,25,26)/t15-,18-,19?/m0/s1. The molecule has 1 aliphatic heterocycles. The van der Waals surface area contributed by atoms with Gasteiger partial charge in [-0.2, -0.15) is 0 Å². The Hall–Kier alpha value is -1.77. The van der Waals surface area contributed by atoms with Crippen molar-refractivity contribution in [3.63, 3.8) is 0 Å². The minimum absolute atomic E-state index is 0.0879. The number of nitrogens with one attached hydrogen (secondary N) is 1. The van der Waals surface area contributed by atoms with E-state index < -0.39 is 38.1 Å². The lowest BCUT2D eigenvalue weighted by Crippen LogP contribution is -2.59. The fraction of sp³-hybridized carbons (Fsp3) is 0.682. The lowest BCUT2D eigenvalue weighted by Gasteiger charge is -2.45. The number of carboxylic acid groups (broad SMARTS) is 1. The van der Waals surface area contributed by atoms with Gasteiger partial charge in [-0.3, -0.25) is 0 Å². The number of fused-ring (bicyclic) bond motifs is 1. The van der Waals surface area contributed by atoms with Crippen LogP contribution in [0.5, 0.6) is 11.5 Å². The molecule has 170 valence electrons. The summed E-state index contributed by atoms with van der Waals surface area (Å²) in [5.74, 6) is 1.31. The highest BCUT2D eigenvalue weighted by molar-refractivity contribution is 6.74. The van der Waals surface area contributed by atoms with Gasteiger partial charge in [0, 0.05) is 0 Å². The lowest BCUT2D eigenvalue weighted by atomic mass is 9.82. The van der Waals surface area contributed by atoms with Crippen molar-refractivity contribution in [1.82, 2.24) is 5.32 Å². The molecule has 1 aliphatic rings. The number of aliphatic hydroxyl groups is 1. The van der Waals surface area contributed by atoms with Crippen LogP contribution in [0.1, 0.15) is 47.1 Å². The van der Waals surface area contributed by atoms with Gasteiger partial charge in [0.15, 0.2) is 19.8 Å². The molecule has 1 amide bonds. The van der Waals surface area contributed by atoms with Gasteiger partial charge in [0.05, 0.1) is 18.2 Å². The Balaban J connectivity index is 2.40.